The fourth-order valence-corrected chi connectivity index (χ4v) is 3.17. The van der Waals surface area contributed by atoms with Crippen molar-refractivity contribution in [1.29, 1.82) is 0 Å². The molecule has 2 heterocycles. The molecule has 2 rings (SSSR count). The Morgan fingerprint density at radius 1 is 1.45 bits per heavy atom. The van der Waals surface area contributed by atoms with E-state index in [0.29, 0.717) is 11.7 Å². The third kappa shape index (κ3) is 3.75. The van der Waals surface area contributed by atoms with Crippen LogP contribution in [0.4, 0.5) is 0 Å². The fourth-order valence-electron chi connectivity index (χ4n) is 2.47. The van der Waals surface area contributed by atoms with Crippen LogP contribution in [0.25, 0.3) is 0 Å². The second kappa shape index (κ2) is 7.56. The van der Waals surface area contributed by atoms with Crippen LogP contribution in [0.5, 0.6) is 0 Å². The van der Waals surface area contributed by atoms with Crippen LogP contribution in [0, 0.1) is 6.92 Å². The molecule has 2 aromatic rings. The molecule has 6 heteroatoms. The highest BCUT2D eigenvalue weighted by atomic mass is 32.1. The highest BCUT2D eigenvalue weighted by Gasteiger charge is 2.17. The number of amides is 1. The van der Waals surface area contributed by atoms with Crippen molar-refractivity contribution in [2.75, 3.05) is 6.54 Å². The molecule has 0 bridgehead atoms. The number of nitrogens with one attached hydrogen (secondary N) is 1. The summed E-state index contributed by atoms with van der Waals surface area (Å²) in [5.41, 5.74) is 2.21. The van der Waals surface area contributed by atoms with E-state index in [2.05, 4.69) is 24.3 Å². The molecule has 0 saturated carbocycles. The highest BCUT2D eigenvalue weighted by molar-refractivity contribution is 7.07. The van der Waals surface area contributed by atoms with Gasteiger partial charge in [0.05, 0.1) is 12.1 Å². The van der Waals surface area contributed by atoms with Crippen LogP contribution >= 0.6 is 11.3 Å². The van der Waals surface area contributed by atoms with Gasteiger partial charge in [0.2, 0.25) is 0 Å². The van der Waals surface area contributed by atoms with Crippen molar-refractivity contribution in [2.45, 2.75) is 45.8 Å². The molecule has 0 aromatic carbocycles. The molecular formula is C16H23N3O2S. The molecule has 2 N–H and O–H groups in total. The average molecular weight is 321 g/mol. The molecule has 0 aliphatic heterocycles. The van der Waals surface area contributed by atoms with Crippen LogP contribution < -0.4 is 5.32 Å². The first-order chi connectivity index (χ1) is 10.6. The number of carbonyl (C=O) groups is 1. The van der Waals surface area contributed by atoms with Crippen LogP contribution in [-0.4, -0.2) is 27.3 Å². The second-order valence-corrected chi connectivity index (χ2v) is 6.15. The molecule has 1 atom stereocenters. The smallest absolute Gasteiger partial charge is 0.271 e. The van der Waals surface area contributed by atoms with Crippen molar-refractivity contribution < 1.29 is 9.90 Å². The maximum atomic E-state index is 12.2. The largest absolute Gasteiger partial charge is 0.387 e. The van der Waals surface area contributed by atoms with Crippen molar-refractivity contribution in [3.8, 4) is 0 Å². The van der Waals surface area contributed by atoms with E-state index in [1.54, 1.807) is 6.07 Å². The third-order valence-electron chi connectivity index (χ3n) is 3.83. The molecular weight excluding hydrogens is 298 g/mol. The predicted octanol–water partition coefficient (Wildman–Crippen LogP) is 3.08. The van der Waals surface area contributed by atoms with Gasteiger partial charge in [0.15, 0.2) is 0 Å². The number of hydrogen-bond acceptors (Lipinski definition) is 4. The lowest BCUT2D eigenvalue weighted by molar-refractivity contribution is 0.0910. The Hall–Kier alpha value is -1.66. The van der Waals surface area contributed by atoms with Gasteiger partial charge >= 0.3 is 0 Å². The van der Waals surface area contributed by atoms with Gasteiger partial charge in [0.1, 0.15) is 5.69 Å². The summed E-state index contributed by atoms with van der Waals surface area (Å²) < 4.78 is 1.92. The summed E-state index contributed by atoms with van der Waals surface area (Å²) >= 11 is 1.52. The van der Waals surface area contributed by atoms with Crippen LogP contribution in [0.2, 0.25) is 0 Å². The van der Waals surface area contributed by atoms with Gasteiger partial charge in [0.25, 0.3) is 5.91 Å². The van der Waals surface area contributed by atoms with Gasteiger partial charge in [-0.3, -0.25) is 9.48 Å². The van der Waals surface area contributed by atoms with Crippen molar-refractivity contribution in [1.82, 2.24) is 15.1 Å². The van der Waals surface area contributed by atoms with E-state index >= 15 is 0 Å². The van der Waals surface area contributed by atoms with E-state index < -0.39 is 6.10 Å². The molecule has 2 aromatic heterocycles. The number of aliphatic hydroxyl groups is 1. The molecule has 1 amide bonds. The quantitative estimate of drug-likeness (QED) is 0.823. The van der Waals surface area contributed by atoms with Crippen LogP contribution in [0.3, 0.4) is 0 Å². The first-order valence-corrected chi connectivity index (χ1v) is 8.55. The molecule has 120 valence electrons. The Morgan fingerprint density at radius 2 is 2.18 bits per heavy atom. The SMILES string of the molecule is CCC(CC)n1nc(C(=O)NCC(O)c2ccsc2)cc1C. The summed E-state index contributed by atoms with van der Waals surface area (Å²) in [6.07, 6.45) is 1.28. The van der Waals surface area contributed by atoms with Crippen molar-refractivity contribution in [3.63, 3.8) is 0 Å². The minimum absolute atomic E-state index is 0.187. The molecule has 22 heavy (non-hydrogen) atoms. The number of hydrogen-bond donors (Lipinski definition) is 2. The van der Waals surface area contributed by atoms with Crippen LogP contribution in [-0.2, 0) is 0 Å². The van der Waals surface area contributed by atoms with Gasteiger partial charge in [-0.05, 0) is 48.2 Å². The summed E-state index contributed by atoms with van der Waals surface area (Å²) in [7, 11) is 0. The fraction of sp³-hybridized carbons (Fsp3) is 0.500. The number of aryl methyl sites for hydroxylation is 1. The van der Waals surface area contributed by atoms with Gasteiger partial charge in [0, 0.05) is 12.2 Å². The van der Waals surface area contributed by atoms with Gasteiger partial charge < -0.3 is 10.4 Å². The lowest BCUT2D eigenvalue weighted by Crippen LogP contribution is -2.28. The number of carbonyl (C=O) groups excluding carboxylic acids is 1. The second-order valence-electron chi connectivity index (χ2n) is 5.37. The number of nitrogens with zero attached hydrogens (tertiary/aromatic N) is 2. The lowest BCUT2D eigenvalue weighted by atomic mass is 10.2. The minimum Gasteiger partial charge on any atom is -0.387 e. The molecule has 1 unspecified atom stereocenters. The monoisotopic (exact) mass is 321 g/mol. The normalized spacial score (nSPS) is 12.6. The van der Waals surface area contributed by atoms with Crippen LogP contribution in [0.15, 0.2) is 22.9 Å². The summed E-state index contributed by atoms with van der Waals surface area (Å²) in [5.74, 6) is -0.248. The zero-order chi connectivity index (χ0) is 16.1. The highest BCUT2D eigenvalue weighted by Crippen LogP contribution is 2.18. The molecule has 0 spiro atoms. The summed E-state index contributed by atoms with van der Waals surface area (Å²) in [6, 6.07) is 3.97. The van der Waals surface area contributed by atoms with Crippen LogP contribution in [0.1, 0.15) is 60.6 Å². The zero-order valence-electron chi connectivity index (χ0n) is 13.2. The Bertz CT molecular complexity index is 603. The average Bonchev–Trinajstić information content (AvgIpc) is 3.16. The molecule has 0 aliphatic carbocycles. The van der Waals surface area contributed by atoms with Gasteiger partial charge in [-0.2, -0.15) is 16.4 Å². The third-order valence-corrected chi connectivity index (χ3v) is 4.53. The minimum atomic E-state index is -0.683. The Balaban J connectivity index is 1.99. The van der Waals surface area contributed by atoms with Gasteiger partial charge in [-0.1, -0.05) is 13.8 Å². The van der Waals surface area contributed by atoms with Gasteiger partial charge in [-0.25, -0.2) is 0 Å². The number of aromatic nitrogens is 2. The lowest BCUT2D eigenvalue weighted by Gasteiger charge is -2.14. The topological polar surface area (TPSA) is 67.2 Å². The van der Waals surface area contributed by atoms with E-state index in [1.165, 1.54) is 11.3 Å². The van der Waals surface area contributed by atoms with E-state index in [9.17, 15) is 9.90 Å². The first-order valence-electron chi connectivity index (χ1n) is 7.61. The zero-order valence-corrected chi connectivity index (χ0v) is 14.1. The molecule has 5 nitrogen and oxygen atoms in total. The number of rotatable bonds is 7. The maximum absolute atomic E-state index is 12.2. The molecule has 0 saturated heterocycles. The summed E-state index contributed by atoms with van der Waals surface area (Å²) in [5, 5.41) is 20.9. The summed E-state index contributed by atoms with van der Waals surface area (Å²) in [6.45, 7) is 6.38. The Morgan fingerprint density at radius 3 is 2.77 bits per heavy atom. The maximum Gasteiger partial charge on any atom is 0.271 e. The first kappa shape index (κ1) is 16.7. The molecule has 0 fully saturated rings. The Kier molecular flexibility index (Phi) is 5.74. The number of thiophene rings is 1. The van der Waals surface area contributed by atoms with Crippen molar-refractivity contribution >= 4 is 17.2 Å². The van der Waals surface area contributed by atoms with Crippen molar-refractivity contribution in [3.05, 3.63) is 39.8 Å². The van der Waals surface area contributed by atoms with Gasteiger partial charge in [-0.15, -0.1) is 0 Å². The van der Waals surface area contributed by atoms with E-state index in [-0.39, 0.29) is 12.5 Å². The van der Waals surface area contributed by atoms with E-state index in [0.717, 1.165) is 24.1 Å². The predicted molar refractivity (Wildman–Crippen MR) is 88.2 cm³/mol. The molecule has 0 aliphatic rings. The number of aliphatic hydroxyl groups excluding tert-OH is 1. The Labute approximate surface area is 135 Å². The summed E-state index contributed by atoms with van der Waals surface area (Å²) in [4.78, 5) is 12.2. The van der Waals surface area contributed by atoms with E-state index in [4.69, 9.17) is 0 Å². The van der Waals surface area contributed by atoms with E-state index in [1.807, 2.05) is 28.4 Å². The standard InChI is InChI=1S/C16H23N3O2S/c1-4-13(5-2)19-11(3)8-14(18-19)16(21)17-9-15(20)12-6-7-22-10-12/h6-8,10,13,15,20H,4-5,9H2,1-3H3,(H,17,21). The van der Waals surface area contributed by atoms with Crippen molar-refractivity contribution in [2.24, 2.45) is 0 Å². The molecule has 0 radical (unpaired) electrons.